The molecule has 0 amide bonds. The summed E-state index contributed by atoms with van der Waals surface area (Å²) in [4.78, 5) is 11.7. The van der Waals surface area contributed by atoms with Crippen LogP contribution in [0.3, 0.4) is 0 Å². The Hall–Kier alpha value is -0.830. The molecule has 1 aromatic rings. The van der Waals surface area contributed by atoms with Crippen LogP contribution in [0.15, 0.2) is 6.07 Å². The normalized spacial score (nSPS) is 30.5. The van der Waals surface area contributed by atoms with Gasteiger partial charge in [0, 0.05) is 24.6 Å². The van der Waals surface area contributed by atoms with Crippen molar-refractivity contribution in [3.05, 3.63) is 17.0 Å². The van der Waals surface area contributed by atoms with E-state index in [1.54, 1.807) is 0 Å². The minimum Gasteiger partial charge on any atom is -0.353 e. The van der Waals surface area contributed by atoms with Gasteiger partial charge in [0.05, 0.1) is 0 Å². The molecule has 2 saturated carbocycles. The van der Waals surface area contributed by atoms with E-state index in [1.165, 1.54) is 44.9 Å². The lowest BCUT2D eigenvalue weighted by molar-refractivity contribution is 0.341. The molecule has 102 valence electrons. The fraction of sp³-hybridized carbons (Fsp3) is 0.733. The number of halogens is 1. The van der Waals surface area contributed by atoms with E-state index in [0.29, 0.717) is 17.1 Å². The molecule has 19 heavy (non-hydrogen) atoms. The summed E-state index contributed by atoms with van der Waals surface area (Å²) in [5.74, 6) is 3.51. The van der Waals surface area contributed by atoms with Crippen LogP contribution in [0.4, 0.5) is 5.82 Å². The van der Waals surface area contributed by atoms with E-state index in [4.69, 9.17) is 16.6 Å². The highest BCUT2D eigenvalue weighted by Crippen LogP contribution is 2.41. The first-order valence-corrected chi connectivity index (χ1v) is 8.00. The van der Waals surface area contributed by atoms with Crippen LogP contribution in [0.5, 0.6) is 0 Å². The van der Waals surface area contributed by atoms with Crippen molar-refractivity contribution >= 4 is 17.4 Å². The van der Waals surface area contributed by atoms with Crippen molar-refractivity contribution in [3.8, 4) is 0 Å². The first-order valence-electron chi connectivity index (χ1n) is 7.62. The van der Waals surface area contributed by atoms with Gasteiger partial charge in [0.1, 0.15) is 16.8 Å². The molecule has 4 heteroatoms. The number of hydrogen-bond donors (Lipinski definition) is 0. The average molecular weight is 278 g/mol. The molecular weight excluding hydrogens is 258 g/mol. The molecule has 2 aliphatic carbocycles. The molecule has 0 bridgehead atoms. The molecule has 3 nitrogen and oxygen atoms in total. The molecule has 3 aliphatic rings. The largest absolute Gasteiger partial charge is 0.353 e. The van der Waals surface area contributed by atoms with Gasteiger partial charge in [0.25, 0.3) is 0 Å². The van der Waals surface area contributed by atoms with Crippen LogP contribution in [-0.4, -0.2) is 22.6 Å². The van der Waals surface area contributed by atoms with Crippen LogP contribution in [0, 0.1) is 5.92 Å². The monoisotopic (exact) mass is 277 g/mol. The summed E-state index contributed by atoms with van der Waals surface area (Å²) in [5.41, 5.74) is 0. The van der Waals surface area contributed by atoms with Gasteiger partial charge in [0.2, 0.25) is 0 Å². The Labute approximate surface area is 119 Å². The smallest absolute Gasteiger partial charge is 0.135 e. The number of hydrogen-bond acceptors (Lipinski definition) is 3. The van der Waals surface area contributed by atoms with Crippen molar-refractivity contribution in [1.82, 2.24) is 9.97 Å². The van der Waals surface area contributed by atoms with Gasteiger partial charge < -0.3 is 4.90 Å². The van der Waals surface area contributed by atoms with Crippen LogP contribution in [0.25, 0.3) is 0 Å². The minimum absolute atomic E-state index is 0.571. The third-order valence-electron chi connectivity index (χ3n) is 4.95. The van der Waals surface area contributed by atoms with Crippen molar-refractivity contribution in [3.63, 3.8) is 0 Å². The molecule has 4 rings (SSSR count). The van der Waals surface area contributed by atoms with Crippen molar-refractivity contribution in [2.24, 2.45) is 5.92 Å². The second-order valence-electron chi connectivity index (χ2n) is 6.28. The summed E-state index contributed by atoms with van der Waals surface area (Å²) in [6, 6.07) is 2.66. The van der Waals surface area contributed by atoms with E-state index >= 15 is 0 Å². The van der Waals surface area contributed by atoms with Gasteiger partial charge in [-0.3, -0.25) is 0 Å². The van der Waals surface area contributed by atoms with E-state index in [9.17, 15) is 0 Å². The third-order valence-corrected chi connectivity index (χ3v) is 5.14. The van der Waals surface area contributed by atoms with Gasteiger partial charge in [-0.1, -0.05) is 24.4 Å². The molecule has 2 heterocycles. The predicted octanol–water partition coefficient (Wildman–Crippen LogP) is 3.78. The van der Waals surface area contributed by atoms with Crippen LogP contribution in [0.1, 0.15) is 56.7 Å². The second-order valence-corrected chi connectivity index (χ2v) is 6.66. The molecule has 0 aromatic carbocycles. The molecule has 0 N–H and O–H groups in total. The zero-order valence-corrected chi connectivity index (χ0v) is 11.9. The maximum atomic E-state index is 6.20. The van der Waals surface area contributed by atoms with E-state index in [0.717, 1.165) is 24.1 Å². The number of fused-ring (bicyclic) bond motifs is 1. The fourth-order valence-electron chi connectivity index (χ4n) is 3.78. The number of aromatic nitrogens is 2. The molecule has 1 aliphatic heterocycles. The molecule has 0 radical (unpaired) electrons. The quantitative estimate of drug-likeness (QED) is 0.771. The van der Waals surface area contributed by atoms with Crippen LogP contribution in [0.2, 0.25) is 5.15 Å². The molecule has 3 fully saturated rings. The topological polar surface area (TPSA) is 29.0 Å². The van der Waals surface area contributed by atoms with Crippen molar-refractivity contribution in [2.45, 2.75) is 56.9 Å². The van der Waals surface area contributed by atoms with Gasteiger partial charge in [-0.05, 0) is 38.0 Å². The fourth-order valence-corrected chi connectivity index (χ4v) is 3.97. The standard InChI is InChI=1S/C15H20ClN3/c16-13-9-14(18-15(17-13)11-5-6-11)19-8-7-10-3-1-2-4-12(10)19/h9-12H,1-8H2. The lowest BCUT2D eigenvalue weighted by atomic mass is 9.85. The summed E-state index contributed by atoms with van der Waals surface area (Å²) in [5, 5.41) is 0.617. The number of rotatable bonds is 2. The van der Waals surface area contributed by atoms with Crippen LogP contribution >= 0.6 is 11.6 Å². The summed E-state index contributed by atoms with van der Waals surface area (Å²) >= 11 is 6.20. The zero-order valence-electron chi connectivity index (χ0n) is 11.2. The highest BCUT2D eigenvalue weighted by molar-refractivity contribution is 6.29. The minimum atomic E-state index is 0.571. The Kier molecular flexibility index (Phi) is 2.91. The molecular formula is C15H20ClN3. The lowest BCUT2D eigenvalue weighted by Gasteiger charge is -2.32. The van der Waals surface area contributed by atoms with Gasteiger partial charge in [-0.2, -0.15) is 0 Å². The first kappa shape index (κ1) is 12.0. The van der Waals surface area contributed by atoms with Gasteiger partial charge in [-0.15, -0.1) is 0 Å². The van der Waals surface area contributed by atoms with Gasteiger partial charge >= 0.3 is 0 Å². The van der Waals surface area contributed by atoms with Gasteiger partial charge in [-0.25, -0.2) is 9.97 Å². The Morgan fingerprint density at radius 1 is 1.05 bits per heavy atom. The molecule has 2 atom stereocenters. The molecule has 0 spiro atoms. The third kappa shape index (κ3) is 2.22. The number of anilines is 1. The molecule has 1 aromatic heterocycles. The lowest BCUT2D eigenvalue weighted by Crippen LogP contribution is -2.35. The summed E-state index contributed by atoms with van der Waals surface area (Å²) < 4.78 is 0. The summed E-state index contributed by atoms with van der Waals surface area (Å²) in [6.45, 7) is 1.15. The van der Waals surface area contributed by atoms with Crippen LogP contribution in [-0.2, 0) is 0 Å². The van der Waals surface area contributed by atoms with Crippen LogP contribution < -0.4 is 4.90 Å². The Morgan fingerprint density at radius 3 is 2.74 bits per heavy atom. The maximum Gasteiger partial charge on any atom is 0.135 e. The Bertz CT molecular complexity index is 486. The maximum absolute atomic E-state index is 6.20. The highest BCUT2D eigenvalue weighted by atomic mass is 35.5. The Balaban J connectivity index is 1.64. The SMILES string of the molecule is Clc1cc(N2CCC3CCCCC32)nc(C2CC2)n1. The summed E-state index contributed by atoms with van der Waals surface area (Å²) in [6.07, 6.45) is 9.28. The summed E-state index contributed by atoms with van der Waals surface area (Å²) in [7, 11) is 0. The average Bonchev–Trinajstić information content (AvgIpc) is 3.18. The van der Waals surface area contributed by atoms with E-state index < -0.39 is 0 Å². The zero-order chi connectivity index (χ0) is 12.8. The second kappa shape index (κ2) is 4.62. The van der Waals surface area contributed by atoms with E-state index in [1.807, 2.05) is 6.07 Å². The van der Waals surface area contributed by atoms with Crippen molar-refractivity contribution in [2.75, 3.05) is 11.4 Å². The first-order chi connectivity index (χ1) is 9.31. The number of nitrogens with zero attached hydrogens (tertiary/aromatic N) is 3. The van der Waals surface area contributed by atoms with Gasteiger partial charge in [0.15, 0.2) is 0 Å². The molecule has 2 unspecified atom stereocenters. The molecule has 1 saturated heterocycles. The highest BCUT2D eigenvalue weighted by Gasteiger charge is 2.37. The van der Waals surface area contributed by atoms with E-state index in [2.05, 4.69) is 9.88 Å². The predicted molar refractivity (Wildman–Crippen MR) is 76.7 cm³/mol. The van der Waals surface area contributed by atoms with Crippen molar-refractivity contribution in [1.29, 1.82) is 0 Å². The van der Waals surface area contributed by atoms with E-state index in [-0.39, 0.29) is 0 Å². The van der Waals surface area contributed by atoms with Crippen molar-refractivity contribution < 1.29 is 0 Å². The Morgan fingerprint density at radius 2 is 1.89 bits per heavy atom.